The van der Waals surface area contributed by atoms with Crippen LogP contribution in [0, 0.1) is 18.3 Å². The van der Waals surface area contributed by atoms with Crippen LogP contribution in [-0.2, 0) is 10.0 Å². The number of sulfonamides is 1. The van der Waals surface area contributed by atoms with Crippen molar-refractivity contribution in [2.24, 2.45) is 0 Å². The van der Waals surface area contributed by atoms with Crippen LogP contribution in [0.15, 0.2) is 45.9 Å². The van der Waals surface area contributed by atoms with E-state index in [-0.39, 0.29) is 10.7 Å². The molecular weight excluding hydrogens is 342 g/mol. The second-order valence-electron chi connectivity index (χ2n) is 4.05. The van der Waals surface area contributed by atoms with E-state index < -0.39 is 10.0 Å². The van der Waals surface area contributed by atoms with Gasteiger partial charge >= 0.3 is 0 Å². The molecule has 1 heterocycles. The molecule has 7 heteroatoms. The fraction of sp³-hybridized carbons (Fsp3) is 0.0769. The molecule has 5 nitrogen and oxygen atoms in total. The summed E-state index contributed by atoms with van der Waals surface area (Å²) in [6.07, 6.45) is 1.49. The lowest BCUT2D eigenvalue weighted by Crippen LogP contribution is -2.14. The van der Waals surface area contributed by atoms with Gasteiger partial charge in [-0.3, -0.25) is 4.72 Å². The van der Waals surface area contributed by atoms with Crippen LogP contribution in [0.25, 0.3) is 0 Å². The molecule has 0 bridgehead atoms. The first-order valence-electron chi connectivity index (χ1n) is 5.57. The van der Waals surface area contributed by atoms with Gasteiger partial charge in [-0.15, -0.1) is 0 Å². The van der Waals surface area contributed by atoms with Gasteiger partial charge in [0.05, 0.1) is 16.5 Å². The number of nitrogens with one attached hydrogen (secondary N) is 1. The smallest absolute Gasteiger partial charge is 0.263 e. The molecule has 0 amide bonds. The normalized spacial score (nSPS) is 10.8. The molecular formula is C13H10BrN3O2S. The molecule has 2 aromatic rings. The van der Waals surface area contributed by atoms with E-state index in [0.29, 0.717) is 11.1 Å². The fourth-order valence-electron chi connectivity index (χ4n) is 1.59. The molecule has 102 valence electrons. The van der Waals surface area contributed by atoms with Gasteiger partial charge in [-0.25, -0.2) is 13.4 Å². The molecule has 1 aromatic carbocycles. The lowest BCUT2D eigenvalue weighted by molar-refractivity contribution is 0.601. The van der Waals surface area contributed by atoms with Gasteiger partial charge in [-0.2, -0.15) is 5.26 Å². The van der Waals surface area contributed by atoms with Crippen LogP contribution in [0.2, 0.25) is 0 Å². The summed E-state index contributed by atoms with van der Waals surface area (Å²) in [5.41, 5.74) is 1.06. The van der Waals surface area contributed by atoms with E-state index in [1.165, 1.54) is 24.4 Å². The van der Waals surface area contributed by atoms with Gasteiger partial charge in [0, 0.05) is 10.7 Å². The summed E-state index contributed by atoms with van der Waals surface area (Å²) in [4.78, 5) is 4.03. The van der Waals surface area contributed by atoms with Gasteiger partial charge in [0.2, 0.25) is 0 Å². The first-order valence-corrected chi connectivity index (χ1v) is 7.85. The zero-order valence-electron chi connectivity index (χ0n) is 10.5. The average Bonchev–Trinajstić information content (AvgIpc) is 2.38. The number of aryl methyl sites for hydroxylation is 1. The monoisotopic (exact) mass is 351 g/mol. The van der Waals surface area contributed by atoms with Crippen LogP contribution < -0.4 is 4.72 Å². The summed E-state index contributed by atoms with van der Waals surface area (Å²) in [6.45, 7) is 1.69. The van der Waals surface area contributed by atoms with Crippen molar-refractivity contribution < 1.29 is 8.42 Å². The molecule has 0 saturated heterocycles. The highest BCUT2D eigenvalue weighted by molar-refractivity contribution is 9.10. The first-order chi connectivity index (χ1) is 9.42. The van der Waals surface area contributed by atoms with Crippen LogP contribution >= 0.6 is 15.9 Å². The van der Waals surface area contributed by atoms with Crippen molar-refractivity contribution in [3.63, 3.8) is 0 Å². The van der Waals surface area contributed by atoms with Crippen molar-refractivity contribution in [2.75, 3.05) is 4.72 Å². The van der Waals surface area contributed by atoms with Crippen molar-refractivity contribution >= 4 is 31.8 Å². The molecule has 20 heavy (non-hydrogen) atoms. The van der Waals surface area contributed by atoms with Gasteiger partial charge in [0.25, 0.3) is 10.0 Å². The summed E-state index contributed by atoms with van der Waals surface area (Å²) in [6, 6.07) is 9.60. The summed E-state index contributed by atoms with van der Waals surface area (Å²) in [5.74, 6) is 0.224. The molecule has 1 aromatic heterocycles. The summed E-state index contributed by atoms with van der Waals surface area (Å²) in [5, 5.41) is 8.85. The second-order valence-corrected chi connectivity index (χ2v) is 6.65. The maximum Gasteiger partial charge on any atom is 0.263 e. The number of nitrogens with zero attached hydrogens (tertiary/aromatic N) is 2. The molecule has 0 aliphatic heterocycles. The lowest BCUT2D eigenvalue weighted by Gasteiger charge is -2.08. The van der Waals surface area contributed by atoms with E-state index >= 15 is 0 Å². The molecule has 0 radical (unpaired) electrons. The van der Waals surface area contributed by atoms with Gasteiger partial charge in [0.1, 0.15) is 5.82 Å². The summed E-state index contributed by atoms with van der Waals surface area (Å²) >= 11 is 3.25. The quantitative estimate of drug-likeness (QED) is 0.921. The molecule has 0 aliphatic rings. The van der Waals surface area contributed by atoms with E-state index in [1.54, 1.807) is 19.1 Å². The number of pyridine rings is 1. The SMILES string of the molecule is Cc1cc(S(=O)(=O)Nc2cc(Br)ccn2)ccc1C#N. The van der Waals surface area contributed by atoms with E-state index in [9.17, 15) is 8.42 Å². The summed E-state index contributed by atoms with van der Waals surface area (Å²) in [7, 11) is -3.72. The van der Waals surface area contributed by atoms with E-state index in [1.807, 2.05) is 6.07 Å². The summed E-state index contributed by atoms with van der Waals surface area (Å²) < 4.78 is 27.5. The number of benzene rings is 1. The number of hydrogen-bond acceptors (Lipinski definition) is 4. The molecule has 0 spiro atoms. The fourth-order valence-corrected chi connectivity index (χ4v) is 3.00. The van der Waals surface area contributed by atoms with Gasteiger partial charge in [-0.1, -0.05) is 15.9 Å². The Bertz CT molecular complexity index is 798. The number of aromatic nitrogens is 1. The van der Waals surface area contributed by atoms with Crippen molar-refractivity contribution in [3.05, 3.63) is 52.1 Å². The Morgan fingerprint density at radius 1 is 1.30 bits per heavy atom. The predicted molar refractivity (Wildman–Crippen MR) is 78.6 cm³/mol. The Labute approximate surface area is 125 Å². The minimum atomic E-state index is -3.72. The molecule has 0 aliphatic carbocycles. The standard InChI is InChI=1S/C13H10BrN3O2S/c1-9-6-12(3-2-10(9)8-15)20(18,19)17-13-7-11(14)4-5-16-13/h2-7H,1H3,(H,16,17). The highest BCUT2D eigenvalue weighted by atomic mass is 79.9. The number of anilines is 1. The Morgan fingerprint density at radius 3 is 2.65 bits per heavy atom. The van der Waals surface area contributed by atoms with Gasteiger partial charge < -0.3 is 0 Å². The highest BCUT2D eigenvalue weighted by Crippen LogP contribution is 2.19. The van der Waals surface area contributed by atoms with Crippen LogP contribution in [-0.4, -0.2) is 13.4 Å². The van der Waals surface area contributed by atoms with Crippen LogP contribution in [0.4, 0.5) is 5.82 Å². The van der Waals surface area contributed by atoms with E-state index in [4.69, 9.17) is 5.26 Å². The third-order valence-corrected chi connectivity index (χ3v) is 4.44. The molecule has 0 fully saturated rings. The Kier molecular flexibility index (Phi) is 4.06. The van der Waals surface area contributed by atoms with Crippen LogP contribution in [0.5, 0.6) is 0 Å². The Morgan fingerprint density at radius 2 is 2.05 bits per heavy atom. The van der Waals surface area contributed by atoms with E-state index in [0.717, 1.165) is 4.47 Å². The van der Waals surface area contributed by atoms with Crippen molar-refractivity contribution in [2.45, 2.75) is 11.8 Å². The van der Waals surface area contributed by atoms with Crippen molar-refractivity contribution in [3.8, 4) is 6.07 Å². The maximum atomic E-state index is 12.2. The van der Waals surface area contributed by atoms with Crippen LogP contribution in [0.1, 0.15) is 11.1 Å². The molecule has 0 unspecified atom stereocenters. The molecule has 0 saturated carbocycles. The van der Waals surface area contributed by atoms with Crippen molar-refractivity contribution in [1.29, 1.82) is 5.26 Å². The predicted octanol–water partition coefficient (Wildman–Crippen LogP) is 2.83. The van der Waals surface area contributed by atoms with Gasteiger partial charge in [-0.05, 0) is 42.8 Å². The third kappa shape index (κ3) is 3.15. The van der Waals surface area contributed by atoms with Gasteiger partial charge in [0.15, 0.2) is 0 Å². The largest absolute Gasteiger partial charge is 0.263 e. The zero-order chi connectivity index (χ0) is 14.8. The van der Waals surface area contributed by atoms with Crippen LogP contribution in [0.3, 0.4) is 0 Å². The first kappa shape index (κ1) is 14.5. The number of halogens is 1. The molecule has 0 atom stereocenters. The maximum absolute atomic E-state index is 12.2. The third-order valence-electron chi connectivity index (χ3n) is 2.59. The molecule has 2 rings (SSSR count). The topological polar surface area (TPSA) is 82.8 Å². The molecule has 1 N–H and O–H groups in total. The lowest BCUT2D eigenvalue weighted by atomic mass is 10.1. The van der Waals surface area contributed by atoms with Crippen molar-refractivity contribution in [1.82, 2.24) is 4.98 Å². The zero-order valence-corrected chi connectivity index (χ0v) is 12.9. The highest BCUT2D eigenvalue weighted by Gasteiger charge is 2.16. The minimum absolute atomic E-state index is 0.0933. The van der Waals surface area contributed by atoms with E-state index in [2.05, 4.69) is 25.6 Å². The Balaban J connectivity index is 2.36. The number of hydrogen-bond donors (Lipinski definition) is 1. The number of rotatable bonds is 3. The minimum Gasteiger partial charge on any atom is -0.263 e. The Hall–Kier alpha value is -1.91. The second kappa shape index (κ2) is 5.61. The average molecular weight is 352 g/mol. The number of nitriles is 1.